The van der Waals surface area contributed by atoms with Crippen molar-refractivity contribution in [1.82, 2.24) is 15.2 Å². The van der Waals surface area contributed by atoms with E-state index in [2.05, 4.69) is 15.2 Å². The normalized spacial score (nSPS) is 15.4. The van der Waals surface area contributed by atoms with E-state index in [9.17, 15) is 8.78 Å². The molecule has 1 saturated carbocycles. The number of H-pyrrole nitrogens is 1. The molecule has 3 rings (SSSR count). The van der Waals surface area contributed by atoms with E-state index >= 15 is 0 Å². The van der Waals surface area contributed by atoms with Crippen molar-refractivity contribution in [2.75, 3.05) is 0 Å². The fourth-order valence-corrected chi connectivity index (χ4v) is 1.60. The highest BCUT2D eigenvalue weighted by molar-refractivity contribution is 5.55. The summed E-state index contributed by atoms with van der Waals surface area (Å²) in [5, 5.41) is 6.67. The van der Waals surface area contributed by atoms with Crippen molar-refractivity contribution in [2.45, 2.75) is 18.8 Å². The van der Waals surface area contributed by atoms with Crippen LogP contribution in [0.4, 0.5) is 8.78 Å². The first-order valence-electron chi connectivity index (χ1n) is 5.12. The summed E-state index contributed by atoms with van der Waals surface area (Å²) in [6.45, 7) is 0. The van der Waals surface area contributed by atoms with Crippen LogP contribution in [0.25, 0.3) is 11.4 Å². The van der Waals surface area contributed by atoms with Crippen LogP contribution in [0.5, 0.6) is 0 Å². The first-order chi connectivity index (χ1) is 7.74. The van der Waals surface area contributed by atoms with Gasteiger partial charge in [-0.15, -0.1) is 0 Å². The standard InChI is InChI=1S/C11H9F2N3/c12-7-3-4-9(13)8(5-7)11-14-10(15-16-11)6-1-2-6/h3-6H,1-2H2,(H,14,15,16). The van der Waals surface area contributed by atoms with Crippen LogP contribution >= 0.6 is 0 Å². The van der Waals surface area contributed by atoms with E-state index in [0.717, 1.165) is 36.9 Å². The Labute approximate surface area is 90.5 Å². The maximum absolute atomic E-state index is 13.4. The molecule has 2 aromatic rings. The van der Waals surface area contributed by atoms with Crippen molar-refractivity contribution >= 4 is 0 Å². The molecule has 5 heteroatoms. The Morgan fingerprint density at radius 1 is 1.25 bits per heavy atom. The van der Waals surface area contributed by atoms with Crippen molar-refractivity contribution in [1.29, 1.82) is 0 Å². The van der Waals surface area contributed by atoms with Gasteiger partial charge in [0.05, 0.1) is 5.56 Å². The van der Waals surface area contributed by atoms with Crippen LogP contribution in [0.15, 0.2) is 18.2 Å². The van der Waals surface area contributed by atoms with Crippen LogP contribution in [0.1, 0.15) is 24.6 Å². The lowest BCUT2D eigenvalue weighted by Gasteiger charge is -1.97. The second kappa shape index (κ2) is 3.37. The summed E-state index contributed by atoms with van der Waals surface area (Å²) in [5.74, 6) is 0.396. The van der Waals surface area contributed by atoms with Gasteiger partial charge in [-0.05, 0) is 31.0 Å². The zero-order valence-electron chi connectivity index (χ0n) is 8.37. The smallest absolute Gasteiger partial charge is 0.184 e. The molecule has 16 heavy (non-hydrogen) atoms. The van der Waals surface area contributed by atoms with Crippen LogP contribution in [0.2, 0.25) is 0 Å². The van der Waals surface area contributed by atoms with Crippen LogP contribution in [-0.4, -0.2) is 15.2 Å². The molecule has 0 saturated heterocycles. The number of hydrogen-bond acceptors (Lipinski definition) is 2. The fraction of sp³-hybridized carbons (Fsp3) is 0.273. The third-order valence-electron chi connectivity index (χ3n) is 2.64. The number of aromatic nitrogens is 3. The molecule has 1 aromatic heterocycles. The minimum absolute atomic E-state index is 0.100. The largest absolute Gasteiger partial charge is 0.262 e. The molecule has 0 unspecified atom stereocenters. The zero-order valence-corrected chi connectivity index (χ0v) is 8.37. The number of rotatable bonds is 2. The molecular formula is C11H9F2N3. The van der Waals surface area contributed by atoms with Crippen LogP contribution in [0, 0.1) is 11.6 Å². The minimum Gasteiger partial charge on any atom is -0.262 e. The topological polar surface area (TPSA) is 41.6 Å². The molecular weight excluding hydrogens is 212 g/mol. The van der Waals surface area contributed by atoms with E-state index in [-0.39, 0.29) is 11.4 Å². The number of benzene rings is 1. The van der Waals surface area contributed by atoms with Crippen molar-refractivity contribution in [3.05, 3.63) is 35.7 Å². The summed E-state index contributed by atoms with van der Waals surface area (Å²) in [7, 11) is 0. The predicted octanol–water partition coefficient (Wildman–Crippen LogP) is 2.63. The highest BCUT2D eigenvalue weighted by atomic mass is 19.1. The highest BCUT2D eigenvalue weighted by Crippen LogP contribution is 2.38. The molecule has 0 spiro atoms. The average molecular weight is 221 g/mol. The van der Waals surface area contributed by atoms with Crippen LogP contribution in [-0.2, 0) is 0 Å². The molecule has 82 valence electrons. The first kappa shape index (κ1) is 9.45. The Kier molecular flexibility index (Phi) is 1.99. The zero-order chi connectivity index (χ0) is 11.1. The SMILES string of the molecule is Fc1ccc(F)c(-c2n[nH]c(C3CC3)n2)c1. The number of nitrogens with zero attached hydrogens (tertiary/aromatic N) is 2. The van der Waals surface area contributed by atoms with Gasteiger partial charge in [0.15, 0.2) is 5.82 Å². The van der Waals surface area contributed by atoms with E-state index in [0.29, 0.717) is 5.92 Å². The van der Waals surface area contributed by atoms with Crippen molar-refractivity contribution in [2.24, 2.45) is 0 Å². The summed E-state index contributed by atoms with van der Waals surface area (Å²) >= 11 is 0. The number of hydrogen-bond donors (Lipinski definition) is 1. The molecule has 0 bridgehead atoms. The fourth-order valence-electron chi connectivity index (χ4n) is 1.60. The third-order valence-corrected chi connectivity index (χ3v) is 2.64. The van der Waals surface area contributed by atoms with Gasteiger partial charge in [0.2, 0.25) is 0 Å². The molecule has 1 N–H and O–H groups in total. The summed E-state index contributed by atoms with van der Waals surface area (Å²) in [5.41, 5.74) is 0.100. The molecule has 1 aromatic carbocycles. The Bertz CT molecular complexity index is 532. The van der Waals surface area contributed by atoms with Crippen LogP contribution < -0.4 is 0 Å². The average Bonchev–Trinajstić information content (AvgIpc) is 3.01. The second-order valence-corrected chi connectivity index (χ2v) is 3.94. The van der Waals surface area contributed by atoms with Gasteiger partial charge in [-0.25, -0.2) is 13.8 Å². The molecule has 3 nitrogen and oxygen atoms in total. The molecule has 0 amide bonds. The summed E-state index contributed by atoms with van der Waals surface area (Å²) in [6, 6.07) is 3.26. The van der Waals surface area contributed by atoms with Gasteiger partial charge < -0.3 is 0 Å². The van der Waals surface area contributed by atoms with E-state index in [1.54, 1.807) is 0 Å². The van der Waals surface area contributed by atoms with Gasteiger partial charge in [0.25, 0.3) is 0 Å². The minimum atomic E-state index is -0.511. The lowest BCUT2D eigenvalue weighted by atomic mass is 10.2. The quantitative estimate of drug-likeness (QED) is 0.846. The number of aromatic amines is 1. The monoisotopic (exact) mass is 221 g/mol. The van der Waals surface area contributed by atoms with E-state index in [4.69, 9.17) is 0 Å². The number of halogens is 2. The molecule has 0 radical (unpaired) electrons. The number of nitrogens with one attached hydrogen (secondary N) is 1. The van der Waals surface area contributed by atoms with Gasteiger partial charge in [-0.1, -0.05) is 0 Å². The molecule has 1 heterocycles. The lowest BCUT2D eigenvalue weighted by Crippen LogP contribution is -1.88. The van der Waals surface area contributed by atoms with Gasteiger partial charge in [0, 0.05) is 5.92 Å². The summed E-state index contributed by atoms with van der Waals surface area (Å²) in [4.78, 5) is 4.17. The van der Waals surface area contributed by atoms with Crippen LogP contribution in [0.3, 0.4) is 0 Å². The Morgan fingerprint density at radius 3 is 2.81 bits per heavy atom. The molecule has 1 aliphatic rings. The maximum atomic E-state index is 13.4. The molecule has 1 fully saturated rings. The summed E-state index contributed by atoms with van der Waals surface area (Å²) in [6.07, 6.45) is 2.17. The van der Waals surface area contributed by atoms with Gasteiger partial charge in [-0.2, -0.15) is 5.10 Å². The summed E-state index contributed by atoms with van der Waals surface area (Å²) < 4.78 is 26.4. The lowest BCUT2D eigenvalue weighted by molar-refractivity contribution is 0.602. The van der Waals surface area contributed by atoms with Crippen molar-refractivity contribution in [3.63, 3.8) is 0 Å². The maximum Gasteiger partial charge on any atom is 0.184 e. The second-order valence-electron chi connectivity index (χ2n) is 3.94. The Balaban J connectivity index is 2.03. The van der Waals surface area contributed by atoms with Gasteiger partial charge in [-0.3, -0.25) is 5.10 Å². The van der Waals surface area contributed by atoms with Gasteiger partial charge >= 0.3 is 0 Å². The highest BCUT2D eigenvalue weighted by Gasteiger charge is 2.27. The Hall–Kier alpha value is -1.78. The van der Waals surface area contributed by atoms with E-state index < -0.39 is 11.6 Å². The van der Waals surface area contributed by atoms with Gasteiger partial charge in [0.1, 0.15) is 17.5 Å². The van der Waals surface area contributed by atoms with E-state index in [1.165, 1.54) is 0 Å². The first-order valence-corrected chi connectivity index (χ1v) is 5.12. The predicted molar refractivity (Wildman–Crippen MR) is 53.7 cm³/mol. The van der Waals surface area contributed by atoms with Crippen molar-refractivity contribution in [3.8, 4) is 11.4 Å². The molecule has 0 aliphatic heterocycles. The van der Waals surface area contributed by atoms with Crippen molar-refractivity contribution < 1.29 is 8.78 Å². The molecule has 0 atom stereocenters. The van der Waals surface area contributed by atoms with E-state index in [1.807, 2.05) is 0 Å². The molecule has 1 aliphatic carbocycles. The Morgan fingerprint density at radius 2 is 2.06 bits per heavy atom. The third kappa shape index (κ3) is 1.58.